The molecule has 1 aromatic carbocycles. The zero-order valence-corrected chi connectivity index (χ0v) is 15.6. The minimum absolute atomic E-state index is 0.136. The number of carbonyl (C=O) groups excluding carboxylic acids is 1. The van der Waals surface area contributed by atoms with Crippen molar-refractivity contribution >= 4 is 5.91 Å². The van der Waals surface area contributed by atoms with Gasteiger partial charge in [-0.2, -0.15) is 0 Å². The third-order valence-corrected chi connectivity index (χ3v) is 5.19. The Kier molecular flexibility index (Phi) is 5.42. The van der Waals surface area contributed by atoms with Crippen LogP contribution in [0.4, 0.5) is 4.39 Å². The zero-order chi connectivity index (χ0) is 19.3. The molecule has 1 unspecified atom stereocenters. The molecule has 3 aromatic rings. The molecular formula is C23H22FN3O. The first-order valence-corrected chi connectivity index (χ1v) is 9.58. The maximum Gasteiger partial charge on any atom is 0.227 e. The number of benzene rings is 1. The van der Waals surface area contributed by atoms with Crippen LogP contribution in [0.2, 0.25) is 0 Å². The number of halogens is 1. The summed E-state index contributed by atoms with van der Waals surface area (Å²) in [6, 6.07) is 16.1. The second-order valence-corrected chi connectivity index (χ2v) is 7.17. The van der Waals surface area contributed by atoms with Gasteiger partial charge in [0.05, 0.1) is 12.1 Å². The Hall–Kier alpha value is -3.08. The minimum Gasteiger partial charge on any atom is -0.342 e. The van der Waals surface area contributed by atoms with Crippen LogP contribution >= 0.6 is 0 Å². The number of likely N-dealkylation sites (tertiary alicyclic amines) is 1. The van der Waals surface area contributed by atoms with E-state index in [1.165, 1.54) is 12.1 Å². The molecule has 0 bridgehead atoms. The normalized spacial score (nSPS) is 16.8. The molecule has 0 radical (unpaired) electrons. The molecule has 5 heteroatoms. The SMILES string of the molecule is O=C(Cc1ccncc1)N1CCCC(c2cccc(-c3cccc(F)c3)n2)C1. The molecule has 1 fully saturated rings. The molecule has 142 valence electrons. The van der Waals surface area contributed by atoms with Crippen molar-refractivity contribution in [2.24, 2.45) is 0 Å². The summed E-state index contributed by atoms with van der Waals surface area (Å²) < 4.78 is 13.6. The van der Waals surface area contributed by atoms with Crippen LogP contribution in [0.5, 0.6) is 0 Å². The van der Waals surface area contributed by atoms with E-state index in [4.69, 9.17) is 4.98 Å². The second kappa shape index (κ2) is 8.30. The van der Waals surface area contributed by atoms with Gasteiger partial charge in [0.1, 0.15) is 5.82 Å². The Labute approximate surface area is 164 Å². The molecule has 1 aliphatic heterocycles. The second-order valence-electron chi connectivity index (χ2n) is 7.17. The number of hydrogen-bond donors (Lipinski definition) is 0. The predicted octanol–water partition coefficient (Wildman–Crippen LogP) is 4.23. The molecule has 1 atom stereocenters. The third-order valence-electron chi connectivity index (χ3n) is 5.19. The summed E-state index contributed by atoms with van der Waals surface area (Å²) in [6.07, 6.45) is 5.77. The fourth-order valence-corrected chi connectivity index (χ4v) is 3.72. The fraction of sp³-hybridized carbons (Fsp3) is 0.261. The Morgan fingerprint density at radius 3 is 2.75 bits per heavy atom. The number of amides is 1. The molecule has 0 N–H and O–H groups in total. The van der Waals surface area contributed by atoms with Crippen molar-refractivity contribution in [3.63, 3.8) is 0 Å². The number of hydrogen-bond acceptors (Lipinski definition) is 3. The lowest BCUT2D eigenvalue weighted by Gasteiger charge is -2.32. The highest BCUT2D eigenvalue weighted by Gasteiger charge is 2.25. The molecule has 28 heavy (non-hydrogen) atoms. The molecule has 1 aliphatic rings. The van der Waals surface area contributed by atoms with Gasteiger partial charge in [-0.1, -0.05) is 18.2 Å². The van der Waals surface area contributed by atoms with Crippen LogP contribution in [0.1, 0.15) is 30.0 Å². The van der Waals surface area contributed by atoms with E-state index in [0.717, 1.165) is 41.9 Å². The van der Waals surface area contributed by atoms with E-state index < -0.39 is 0 Å². The van der Waals surface area contributed by atoms with E-state index in [1.54, 1.807) is 18.5 Å². The lowest BCUT2D eigenvalue weighted by molar-refractivity contribution is -0.131. The smallest absolute Gasteiger partial charge is 0.227 e. The zero-order valence-electron chi connectivity index (χ0n) is 15.6. The molecular weight excluding hydrogens is 353 g/mol. The van der Waals surface area contributed by atoms with Crippen LogP contribution in [-0.4, -0.2) is 33.9 Å². The topological polar surface area (TPSA) is 46.1 Å². The first kappa shape index (κ1) is 18.3. The standard InChI is InChI=1S/C23H22FN3O/c24-20-6-1-4-18(15-20)21-7-2-8-22(26-21)19-5-3-13-27(16-19)23(28)14-17-9-11-25-12-10-17/h1-2,4,6-12,15,19H,3,5,13-14,16H2. The average molecular weight is 375 g/mol. The number of carbonyl (C=O) groups is 1. The van der Waals surface area contributed by atoms with Crippen molar-refractivity contribution in [1.82, 2.24) is 14.9 Å². The monoisotopic (exact) mass is 375 g/mol. The molecule has 3 heterocycles. The van der Waals surface area contributed by atoms with Gasteiger partial charge in [-0.3, -0.25) is 14.8 Å². The number of pyridine rings is 2. The maximum atomic E-state index is 13.6. The summed E-state index contributed by atoms with van der Waals surface area (Å²) >= 11 is 0. The van der Waals surface area contributed by atoms with Crippen LogP contribution in [0, 0.1) is 5.82 Å². The van der Waals surface area contributed by atoms with Crippen LogP contribution in [0.25, 0.3) is 11.3 Å². The van der Waals surface area contributed by atoms with Crippen LogP contribution in [-0.2, 0) is 11.2 Å². The van der Waals surface area contributed by atoms with Crippen molar-refractivity contribution in [2.75, 3.05) is 13.1 Å². The maximum absolute atomic E-state index is 13.6. The summed E-state index contributed by atoms with van der Waals surface area (Å²) in [5.41, 5.74) is 3.47. The number of nitrogens with zero attached hydrogens (tertiary/aromatic N) is 3. The van der Waals surface area contributed by atoms with Gasteiger partial charge < -0.3 is 4.90 Å². The molecule has 0 saturated carbocycles. The van der Waals surface area contributed by atoms with Crippen molar-refractivity contribution in [3.8, 4) is 11.3 Å². The average Bonchev–Trinajstić information content (AvgIpc) is 2.75. The molecule has 0 aliphatic carbocycles. The van der Waals surface area contributed by atoms with Crippen LogP contribution < -0.4 is 0 Å². The molecule has 2 aromatic heterocycles. The summed E-state index contributed by atoms with van der Waals surface area (Å²) in [4.78, 5) is 23.4. The van der Waals surface area contributed by atoms with E-state index in [-0.39, 0.29) is 17.6 Å². The number of piperidine rings is 1. The first-order chi connectivity index (χ1) is 13.7. The fourth-order valence-electron chi connectivity index (χ4n) is 3.72. The van der Waals surface area contributed by atoms with E-state index in [9.17, 15) is 9.18 Å². The molecule has 1 amide bonds. The highest BCUT2D eigenvalue weighted by Crippen LogP contribution is 2.28. The van der Waals surface area contributed by atoms with Gasteiger partial charge in [-0.05, 0) is 54.8 Å². The predicted molar refractivity (Wildman–Crippen MR) is 106 cm³/mol. The van der Waals surface area contributed by atoms with Crippen molar-refractivity contribution in [1.29, 1.82) is 0 Å². The Bertz CT molecular complexity index is 961. The lowest BCUT2D eigenvalue weighted by atomic mass is 9.93. The minimum atomic E-state index is -0.268. The van der Waals surface area contributed by atoms with Crippen LogP contribution in [0.15, 0.2) is 67.0 Å². The summed E-state index contributed by atoms with van der Waals surface area (Å²) in [5.74, 6) is 0.0658. The molecule has 0 spiro atoms. The molecule has 4 nitrogen and oxygen atoms in total. The van der Waals surface area contributed by atoms with Gasteiger partial charge in [-0.15, -0.1) is 0 Å². The Morgan fingerprint density at radius 2 is 1.93 bits per heavy atom. The largest absolute Gasteiger partial charge is 0.342 e. The summed E-state index contributed by atoms with van der Waals surface area (Å²) in [6.45, 7) is 1.45. The Morgan fingerprint density at radius 1 is 1.11 bits per heavy atom. The van der Waals surface area contributed by atoms with Crippen molar-refractivity contribution < 1.29 is 9.18 Å². The Balaban J connectivity index is 1.49. The van der Waals surface area contributed by atoms with E-state index in [0.29, 0.717) is 13.0 Å². The summed E-state index contributed by atoms with van der Waals surface area (Å²) in [5, 5.41) is 0. The van der Waals surface area contributed by atoms with Crippen molar-refractivity contribution in [3.05, 3.63) is 84.1 Å². The van der Waals surface area contributed by atoms with Gasteiger partial charge in [0.15, 0.2) is 0 Å². The van der Waals surface area contributed by atoms with Crippen LogP contribution in [0.3, 0.4) is 0 Å². The van der Waals surface area contributed by atoms with Gasteiger partial charge >= 0.3 is 0 Å². The van der Waals surface area contributed by atoms with Gasteiger partial charge in [-0.25, -0.2) is 4.39 Å². The number of aromatic nitrogens is 2. The quantitative estimate of drug-likeness (QED) is 0.685. The van der Waals surface area contributed by atoms with Gasteiger partial charge in [0, 0.05) is 42.7 Å². The third kappa shape index (κ3) is 4.25. The number of rotatable bonds is 4. The molecule has 1 saturated heterocycles. The van der Waals surface area contributed by atoms with Gasteiger partial charge in [0.2, 0.25) is 5.91 Å². The lowest BCUT2D eigenvalue weighted by Crippen LogP contribution is -2.40. The highest BCUT2D eigenvalue weighted by atomic mass is 19.1. The summed E-state index contributed by atoms with van der Waals surface area (Å²) in [7, 11) is 0. The van der Waals surface area contributed by atoms with E-state index in [1.807, 2.05) is 41.3 Å². The van der Waals surface area contributed by atoms with E-state index >= 15 is 0 Å². The van der Waals surface area contributed by atoms with E-state index in [2.05, 4.69) is 4.98 Å². The highest BCUT2D eigenvalue weighted by molar-refractivity contribution is 5.79. The molecule has 4 rings (SSSR count). The van der Waals surface area contributed by atoms with Gasteiger partial charge in [0.25, 0.3) is 0 Å². The first-order valence-electron chi connectivity index (χ1n) is 9.58. The van der Waals surface area contributed by atoms with Crippen molar-refractivity contribution in [2.45, 2.75) is 25.2 Å².